The van der Waals surface area contributed by atoms with Gasteiger partial charge in [-0.3, -0.25) is 0 Å². The van der Waals surface area contributed by atoms with Crippen molar-refractivity contribution in [1.29, 1.82) is 10.5 Å². The molecular weight excluding hydrogens is 176 g/mol. The Morgan fingerprint density at radius 2 is 2.33 bits per heavy atom. The van der Waals surface area contributed by atoms with Crippen LogP contribution in [-0.4, -0.2) is 12.6 Å². The molecule has 62 valence electrons. The normalized spacial score (nSPS) is 8.83. The number of rotatable bonds is 4. The molecule has 0 aliphatic carbocycles. The third-order valence-corrected chi connectivity index (χ3v) is 1.16. The first-order valence-corrected chi connectivity index (χ1v) is 3.94. The summed E-state index contributed by atoms with van der Waals surface area (Å²) in [5.41, 5.74) is 0. The van der Waals surface area contributed by atoms with Crippen LogP contribution in [0.3, 0.4) is 0 Å². The lowest BCUT2D eigenvalue weighted by atomic mass is 10.5. The molecule has 0 N–H and O–H groups in total. The van der Waals surface area contributed by atoms with Gasteiger partial charge >= 0.3 is 5.97 Å². The standard InChI is InChI=1S/C7H6N2O2S/c8-3-1-4-11-7(10)2-5-12-6-9/h2,5H,1,4H2/b5-2-. The van der Waals surface area contributed by atoms with E-state index >= 15 is 0 Å². The summed E-state index contributed by atoms with van der Waals surface area (Å²) in [5.74, 6) is -0.534. The summed E-state index contributed by atoms with van der Waals surface area (Å²) in [5, 5.41) is 19.2. The van der Waals surface area contributed by atoms with E-state index in [0.29, 0.717) is 0 Å². The second-order valence-electron chi connectivity index (χ2n) is 1.59. The minimum Gasteiger partial charge on any atom is -0.461 e. The number of thiocyanates is 1. The number of hydrogen-bond donors (Lipinski definition) is 0. The summed E-state index contributed by atoms with van der Waals surface area (Å²) < 4.78 is 4.56. The van der Waals surface area contributed by atoms with E-state index in [1.165, 1.54) is 5.41 Å². The number of nitrogens with zero attached hydrogens (tertiary/aromatic N) is 2. The Balaban J connectivity index is 3.49. The molecule has 0 radical (unpaired) electrons. The van der Waals surface area contributed by atoms with Gasteiger partial charge in [0.05, 0.1) is 12.5 Å². The topological polar surface area (TPSA) is 73.9 Å². The molecular formula is C7H6N2O2S. The average molecular weight is 182 g/mol. The van der Waals surface area contributed by atoms with Crippen molar-refractivity contribution in [2.75, 3.05) is 6.61 Å². The molecule has 12 heavy (non-hydrogen) atoms. The molecule has 0 rings (SSSR count). The fourth-order valence-corrected chi connectivity index (χ4v) is 0.605. The third kappa shape index (κ3) is 6.66. The number of thioether (sulfide) groups is 1. The highest BCUT2D eigenvalue weighted by atomic mass is 32.2. The van der Waals surface area contributed by atoms with Gasteiger partial charge in [0.1, 0.15) is 12.0 Å². The molecule has 0 aliphatic heterocycles. The molecule has 0 spiro atoms. The zero-order chi connectivity index (χ0) is 9.23. The van der Waals surface area contributed by atoms with E-state index in [0.717, 1.165) is 17.8 Å². The van der Waals surface area contributed by atoms with Crippen LogP contribution in [0.5, 0.6) is 0 Å². The SMILES string of the molecule is N#CCCOC(=O)/C=C\SC#N. The molecule has 0 fully saturated rings. The Kier molecular flexibility index (Phi) is 6.71. The van der Waals surface area contributed by atoms with E-state index in [2.05, 4.69) is 4.74 Å². The number of carbonyl (C=O) groups is 1. The van der Waals surface area contributed by atoms with Gasteiger partial charge in [0.25, 0.3) is 0 Å². The first-order valence-electron chi connectivity index (χ1n) is 3.06. The number of carbonyl (C=O) groups excluding carboxylic acids is 1. The van der Waals surface area contributed by atoms with Crippen LogP contribution in [0.25, 0.3) is 0 Å². The quantitative estimate of drug-likeness (QED) is 0.282. The lowest BCUT2D eigenvalue weighted by Crippen LogP contribution is -2.00. The van der Waals surface area contributed by atoms with Gasteiger partial charge in [0.15, 0.2) is 0 Å². The molecule has 0 heterocycles. The summed E-state index contributed by atoms with van der Waals surface area (Å²) in [4.78, 5) is 10.7. The van der Waals surface area contributed by atoms with E-state index in [4.69, 9.17) is 10.5 Å². The Bertz CT molecular complexity index is 249. The Morgan fingerprint density at radius 3 is 2.92 bits per heavy atom. The van der Waals surface area contributed by atoms with Crippen molar-refractivity contribution < 1.29 is 9.53 Å². The molecule has 0 amide bonds. The third-order valence-electron chi connectivity index (χ3n) is 0.783. The number of nitriles is 2. The van der Waals surface area contributed by atoms with Crippen LogP contribution in [-0.2, 0) is 9.53 Å². The maximum Gasteiger partial charge on any atom is 0.331 e. The molecule has 0 aliphatic rings. The first-order chi connectivity index (χ1) is 5.81. The second kappa shape index (κ2) is 7.64. The largest absolute Gasteiger partial charge is 0.461 e. The van der Waals surface area contributed by atoms with Crippen LogP contribution in [0.1, 0.15) is 6.42 Å². The molecule has 0 saturated heterocycles. The Labute approximate surface area is 74.4 Å². The fraction of sp³-hybridized carbons (Fsp3) is 0.286. The minimum atomic E-state index is -0.534. The van der Waals surface area contributed by atoms with Crippen molar-refractivity contribution in [3.8, 4) is 11.5 Å². The molecule has 4 nitrogen and oxygen atoms in total. The van der Waals surface area contributed by atoms with Crippen molar-refractivity contribution in [2.45, 2.75) is 6.42 Å². The summed E-state index contributed by atoms with van der Waals surface area (Å²) in [7, 11) is 0. The second-order valence-corrected chi connectivity index (χ2v) is 2.28. The molecule has 0 saturated carbocycles. The van der Waals surface area contributed by atoms with E-state index in [1.807, 2.05) is 6.07 Å². The van der Waals surface area contributed by atoms with Crippen molar-refractivity contribution in [1.82, 2.24) is 0 Å². The van der Waals surface area contributed by atoms with Crippen molar-refractivity contribution in [3.05, 3.63) is 11.5 Å². The van der Waals surface area contributed by atoms with Crippen LogP contribution in [0.2, 0.25) is 0 Å². The van der Waals surface area contributed by atoms with Crippen LogP contribution in [0.15, 0.2) is 11.5 Å². The van der Waals surface area contributed by atoms with E-state index < -0.39 is 5.97 Å². The van der Waals surface area contributed by atoms with Gasteiger partial charge in [-0.15, -0.1) is 0 Å². The van der Waals surface area contributed by atoms with Crippen LogP contribution in [0, 0.1) is 22.0 Å². The number of esters is 1. The molecule has 5 heteroatoms. The lowest BCUT2D eigenvalue weighted by Gasteiger charge is -1.94. The molecule has 0 aromatic rings. The van der Waals surface area contributed by atoms with Gasteiger partial charge in [0, 0.05) is 6.08 Å². The van der Waals surface area contributed by atoms with Crippen molar-refractivity contribution >= 4 is 17.7 Å². The van der Waals surface area contributed by atoms with Gasteiger partial charge in [-0.1, -0.05) is 0 Å². The maximum absolute atomic E-state index is 10.7. The zero-order valence-corrected chi connectivity index (χ0v) is 7.00. The summed E-state index contributed by atoms with van der Waals surface area (Å²) >= 11 is 0.835. The average Bonchev–Trinajstić information content (AvgIpc) is 2.06. The van der Waals surface area contributed by atoms with Gasteiger partial charge < -0.3 is 4.74 Å². The highest BCUT2D eigenvalue weighted by molar-refractivity contribution is 8.06. The van der Waals surface area contributed by atoms with E-state index in [1.54, 1.807) is 5.40 Å². The Morgan fingerprint density at radius 1 is 1.58 bits per heavy atom. The molecule has 0 atom stereocenters. The lowest BCUT2D eigenvalue weighted by molar-refractivity contribution is -0.137. The molecule has 0 aromatic carbocycles. The predicted octanol–water partition coefficient (Wildman–Crippen LogP) is 1.17. The number of ether oxygens (including phenoxy) is 1. The highest BCUT2D eigenvalue weighted by Crippen LogP contribution is 1.97. The van der Waals surface area contributed by atoms with Gasteiger partial charge in [-0.2, -0.15) is 10.5 Å². The van der Waals surface area contributed by atoms with E-state index in [-0.39, 0.29) is 13.0 Å². The van der Waals surface area contributed by atoms with Crippen LogP contribution in [0.4, 0.5) is 0 Å². The summed E-state index contributed by atoms with van der Waals surface area (Å²) in [6.45, 7) is 0.0941. The highest BCUT2D eigenvalue weighted by Gasteiger charge is 1.94. The number of hydrogen-bond acceptors (Lipinski definition) is 5. The van der Waals surface area contributed by atoms with Crippen LogP contribution >= 0.6 is 11.8 Å². The van der Waals surface area contributed by atoms with Gasteiger partial charge in [0.2, 0.25) is 0 Å². The summed E-state index contributed by atoms with van der Waals surface area (Å²) in [6.07, 6.45) is 1.33. The fourth-order valence-electron chi connectivity index (χ4n) is 0.365. The van der Waals surface area contributed by atoms with Crippen LogP contribution < -0.4 is 0 Å². The van der Waals surface area contributed by atoms with Crippen molar-refractivity contribution in [2.24, 2.45) is 0 Å². The predicted molar refractivity (Wildman–Crippen MR) is 43.5 cm³/mol. The van der Waals surface area contributed by atoms with Gasteiger partial charge in [-0.05, 0) is 17.2 Å². The smallest absolute Gasteiger partial charge is 0.331 e. The maximum atomic E-state index is 10.7. The molecule has 0 bridgehead atoms. The summed E-state index contributed by atoms with van der Waals surface area (Å²) in [6, 6.07) is 1.83. The van der Waals surface area contributed by atoms with Crippen molar-refractivity contribution in [3.63, 3.8) is 0 Å². The van der Waals surface area contributed by atoms with E-state index in [9.17, 15) is 4.79 Å². The molecule has 0 unspecified atom stereocenters. The zero-order valence-electron chi connectivity index (χ0n) is 6.19. The first kappa shape index (κ1) is 10.5. The monoisotopic (exact) mass is 182 g/mol. The molecule has 0 aromatic heterocycles. The van der Waals surface area contributed by atoms with Gasteiger partial charge in [-0.25, -0.2) is 4.79 Å². The Hall–Kier alpha value is -1.46. The minimum absolute atomic E-state index is 0.0941.